The lowest BCUT2D eigenvalue weighted by molar-refractivity contribution is 0.0784. The number of hydrogen-bond acceptors (Lipinski definition) is 6. The Kier molecular flexibility index (Phi) is 11.0. The predicted octanol–water partition coefficient (Wildman–Crippen LogP) is 5.09. The molecule has 42 heavy (non-hydrogen) atoms. The molecule has 0 aliphatic heterocycles. The molecule has 2 amide bonds. The van der Waals surface area contributed by atoms with E-state index < -0.39 is 12.1 Å². The van der Waals surface area contributed by atoms with Crippen LogP contribution in [0.15, 0.2) is 78.2 Å². The quantitative estimate of drug-likeness (QED) is 0.204. The van der Waals surface area contributed by atoms with E-state index in [-0.39, 0.29) is 11.8 Å². The van der Waals surface area contributed by atoms with E-state index in [2.05, 4.69) is 40.7 Å². The first kappa shape index (κ1) is 31.1. The molecule has 0 bridgehead atoms. The molecule has 0 aliphatic rings. The summed E-state index contributed by atoms with van der Waals surface area (Å²) in [6.45, 7) is 7.24. The summed E-state index contributed by atoms with van der Waals surface area (Å²) in [4.78, 5) is 32.9. The van der Waals surface area contributed by atoms with Gasteiger partial charge in [-0.05, 0) is 61.1 Å². The number of rotatable bonds is 13. The number of nitrogens with zero attached hydrogens (tertiary/aromatic N) is 2. The van der Waals surface area contributed by atoms with Crippen LogP contribution < -0.4 is 10.6 Å². The van der Waals surface area contributed by atoms with Crippen LogP contribution in [0, 0.1) is 13.8 Å². The molecule has 0 saturated heterocycles. The van der Waals surface area contributed by atoms with Crippen molar-refractivity contribution in [2.45, 2.75) is 58.8 Å². The van der Waals surface area contributed by atoms with Crippen LogP contribution in [0.4, 0.5) is 0 Å². The Hall–Kier alpha value is -3.85. The molecule has 3 aromatic carbocycles. The number of aliphatic hydroxyl groups is 1. The second kappa shape index (κ2) is 14.9. The molecule has 0 saturated carbocycles. The predicted molar refractivity (Wildman–Crippen MR) is 169 cm³/mol. The number of benzene rings is 3. The summed E-state index contributed by atoms with van der Waals surface area (Å²) >= 11 is 1.52. The van der Waals surface area contributed by atoms with Gasteiger partial charge in [-0.3, -0.25) is 9.59 Å². The van der Waals surface area contributed by atoms with Crippen molar-refractivity contribution in [3.05, 3.63) is 122 Å². The number of nitrogens with one attached hydrogen (secondary N) is 2. The van der Waals surface area contributed by atoms with E-state index in [0.29, 0.717) is 37.2 Å². The maximum Gasteiger partial charge on any atom is 0.254 e. The van der Waals surface area contributed by atoms with Gasteiger partial charge in [-0.25, -0.2) is 4.98 Å². The lowest BCUT2D eigenvalue weighted by Gasteiger charge is -2.25. The van der Waals surface area contributed by atoms with E-state index >= 15 is 0 Å². The van der Waals surface area contributed by atoms with Gasteiger partial charge in [0.25, 0.3) is 11.8 Å². The van der Waals surface area contributed by atoms with Gasteiger partial charge >= 0.3 is 0 Å². The third-order valence-electron chi connectivity index (χ3n) is 7.28. The van der Waals surface area contributed by atoms with Gasteiger partial charge in [-0.2, -0.15) is 0 Å². The van der Waals surface area contributed by atoms with Gasteiger partial charge in [0.15, 0.2) is 0 Å². The lowest BCUT2D eigenvalue weighted by atomic mass is 9.99. The van der Waals surface area contributed by atoms with E-state index in [9.17, 15) is 14.7 Å². The first-order chi connectivity index (χ1) is 20.2. The number of amides is 2. The van der Waals surface area contributed by atoms with E-state index in [1.54, 1.807) is 30.1 Å². The molecule has 0 radical (unpaired) electrons. The van der Waals surface area contributed by atoms with Crippen molar-refractivity contribution in [3.8, 4) is 0 Å². The third kappa shape index (κ3) is 8.58. The van der Waals surface area contributed by atoms with Crippen LogP contribution in [0.3, 0.4) is 0 Å². The summed E-state index contributed by atoms with van der Waals surface area (Å²) in [7, 11) is 1.74. The van der Waals surface area contributed by atoms with Gasteiger partial charge in [-0.1, -0.05) is 67.6 Å². The normalized spacial score (nSPS) is 12.5. The zero-order valence-corrected chi connectivity index (χ0v) is 25.6. The van der Waals surface area contributed by atoms with E-state index in [4.69, 9.17) is 0 Å². The van der Waals surface area contributed by atoms with Crippen LogP contribution in [-0.2, 0) is 25.9 Å². The highest BCUT2D eigenvalue weighted by Crippen LogP contribution is 2.18. The van der Waals surface area contributed by atoms with Crippen molar-refractivity contribution in [2.75, 3.05) is 13.6 Å². The molecule has 1 heterocycles. The molecule has 0 spiro atoms. The minimum atomic E-state index is -0.831. The zero-order valence-electron chi connectivity index (χ0n) is 24.8. The van der Waals surface area contributed by atoms with E-state index in [1.165, 1.54) is 16.9 Å². The summed E-state index contributed by atoms with van der Waals surface area (Å²) < 4.78 is 0. The molecule has 4 rings (SSSR count). The standard InChI is InChI=1S/C34H40N4O3S/c1-5-25-12-9-13-27(16-25)19-35-20-31(39)30(17-26-10-7-6-8-11-26)37-33(40)28-15-14-23(2)29(18-28)34(41)38(4)21-32-36-24(3)22-42-32/h6-16,18,22,30-31,35,39H,5,17,19-21H2,1-4H3,(H,37,40)/t30-,31+/m0/s1. The van der Waals surface area contributed by atoms with E-state index in [1.807, 2.05) is 55.6 Å². The molecule has 7 nitrogen and oxygen atoms in total. The smallest absolute Gasteiger partial charge is 0.254 e. The number of carbonyl (C=O) groups excluding carboxylic acids is 2. The molecule has 4 aromatic rings. The molecule has 8 heteroatoms. The molecule has 2 atom stereocenters. The Bertz CT molecular complexity index is 1490. The van der Waals surface area contributed by atoms with Crippen LogP contribution in [0.25, 0.3) is 0 Å². The van der Waals surface area contributed by atoms with Crippen molar-refractivity contribution in [1.29, 1.82) is 0 Å². The number of aliphatic hydroxyl groups excluding tert-OH is 1. The van der Waals surface area contributed by atoms with Crippen molar-refractivity contribution in [3.63, 3.8) is 0 Å². The molecule has 1 aromatic heterocycles. The lowest BCUT2D eigenvalue weighted by Crippen LogP contribution is -2.48. The minimum Gasteiger partial charge on any atom is -0.390 e. The van der Waals surface area contributed by atoms with Gasteiger partial charge in [0.1, 0.15) is 5.01 Å². The van der Waals surface area contributed by atoms with Crippen molar-refractivity contribution >= 4 is 23.2 Å². The maximum atomic E-state index is 13.5. The first-order valence-corrected chi connectivity index (χ1v) is 15.2. The van der Waals surface area contributed by atoms with Crippen LogP contribution in [-0.4, -0.2) is 52.5 Å². The Morgan fingerprint density at radius 3 is 2.43 bits per heavy atom. The summed E-state index contributed by atoms with van der Waals surface area (Å²) in [6, 6.07) is 22.8. The topological polar surface area (TPSA) is 94.6 Å². The van der Waals surface area contributed by atoms with E-state index in [0.717, 1.165) is 33.8 Å². The summed E-state index contributed by atoms with van der Waals surface area (Å²) in [6.07, 6.45) is 0.604. The highest BCUT2D eigenvalue weighted by molar-refractivity contribution is 7.09. The van der Waals surface area contributed by atoms with Crippen LogP contribution in [0.1, 0.15) is 60.6 Å². The Labute approximate surface area is 252 Å². The van der Waals surface area contributed by atoms with Crippen LogP contribution >= 0.6 is 11.3 Å². The molecular formula is C34H40N4O3S. The van der Waals surface area contributed by atoms with Gasteiger partial charge in [0.2, 0.25) is 0 Å². The molecular weight excluding hydrogens is 544 g/mol. The second-order valence-corrected chi connectivity index (χ2v) is 11.7. The number of aryl methyl sites for hydroxylation is 3. The fraction of sp³-hybridized carbons (Fsp3) is 0.324. The Morgan fingerprint density at radius 2 is 1.71 bits per heavy atom. The van der Waals surface area contributed by atoms with Gasteiger partial charge in [-0.15, -0.1) is 11.3 Å². The zero-order chi connectivity index (χ0) is 30.1. The number of thiazole rings is 1. The monoisotopic (exact) mass is 584 g/mol. The minimum absolute atomic E-state index is 0.174. The van der Waals surface area contributed by atoms with Gasteiger partial charge < -0.3 is 20.6 Å². The van der Waals surface area contributed by atoms with Crippen LogP contribution in [0.2, 0.25) is 0 Å². The fourth-order valence-corrected chi connectivity index (χ4v) is 5.64. The summed E-state index contributed by atoms with van der Waals surface area (Å²) in [5.74, 6) is -0.509. The number of carbonyl (C=O) groups is 2. The molecule has 0 aliphatic carbocycles. The molecule has 220 valence electrons. The highest BCUT2D eigenvalue weighted by atomic mass is 32.1. The molecule has 0 fully saturated rings. The molecule has 3 N–H and O–H groups in total. The number of aromatic nitrogens is 1. The highest BCUT2D eigenvalue weighted by Gasteiger charge is 2.24. The number of hydrogen-bond donors (Lipinski definition) is 3. The fourth-order valence-electron chi connectivity index (χ4n) is 4.82. The Morgan fingerprint density at radius 1 is 0.976 bits per heavy atom. The summed E-state index contributed by atoms with van der Waals surface area (Å²) in [5.41, 5.74) is 5.99. The largest absolute Gasteiger partial charge is 0.390 e. The maximum absolute atomic E-state index is 13.5. The van der Waals surface area contributed by atoms with Crippen LogP contribution in [0.5, 0.6) is 0 Å². The third-order valence-corrected chi connectivity index (χ3v) is 8.23. The first-order valence-electron chi connectivity index (χ1n) is 14.3. The van der Waals surface area contributed by atoms with Gasteiger partial charge in [0.05, 0.1) is 18.7 Å². The van der Waals surface area contributed by atoms with Crippen molar-refractivity contribution in [1.82, 2.24) is 20.5 Å². The van der Waals surface area contributed by atoms with Gasteiger partial charge in [0, 0.05) is 42.3 Å². The second-order valence-electron chi connectivity index (χ2n) is 10.7. The average molecular weight is 585 g/mol. The summed E-state index contributed by atoms with van der Waals surface area (Å²) in [5, 5.41) is 20.4. The van der Waals surface area contributed by atoms with Crippen molar-refractivity contribution in [2.24, 2.45) is 0 Å². The van der Waals surface area contributed by atoms with Crippen molar-refractivity contribution < 1.29 is 14.7 Å². The molecule has 0 unspecified atom stereocenters. The SMILES string of the molecule is CCc1cccc(CNC[C@@H](O)[C@H](Cc2ccccc2)NC(=O)c2ccc(C)c(C(=O)N(C)Cc3nc(C)cs3)c2)c1. The Balaban J connectivity index is 1.45. The average Bonchev–Trinajstić information content (AvgIpc) is 3.41.